The third-order valence-corrected chi connectivity index (χ3v) is 6.39. The van der Waals surface area contributed by atoms with Crippen molar-refractivity contribution in [3.8, 4) is 0 Å². The Labute approximate surface area is 211 Å². The summed E-state index contributed by atoms with van der Waals surface area (Å²) in [4.78, 5) is 28.4. The van der Waals surface area contributed by atoms with Crippen LogP contribution in [-0.2, 0) is 14.3 Å². The molecule has 1 aromatic carbocycles. The molecule has 3 aromatic rings. The number of pyridine rings is 1. The van der Waals surface area contributed by atoms with Gasteiger partial charge in [-0.15, -0.1) is 0 Å². The second-order valence-electron chi connectivity index (χ2n) is 8.97. The molecule has 0 spiro atoms. The normalized spacial score (nSPS) is 17.2. The van der Waals surface area contributed by atoms with Crippen molar-refractivity contribution in [3.63, 3.8) is 0 Å². The van der Waals surface area contributed by atoms with Gasteiger partial charge in [-0.2, -0.15) is 18.3 Å². The molecule has 2 N–H and O–H groups in total. The first-order chi connectivity index (χ1) is 17.7. The van der Waals surface area contributed by atoms with Crippen LogP contribution < -0.4 is 5.32 Å². The van der Waals surface area contributed by atoms with E-state index in [2.05, 4.69) is 5.32 Å². The number of anilines is 2. The fraction of sp³-hybridized carbons (Fsp3) is 0.440. The van der Waals surface area contributed by atoms with Gasteiger partial charge in [-0.1, -0.05) is 18.2 Å². The number of nitrogens with zero attached hydrogens (tertiary/aromatic N) is 4. The van der Waals surface area contributed by atoms with Crippen LogP contribution in [-0.4, -0.2) is 69.0 Å². The van der Waals surface area contributed by atoms with E-state index in [0.717, 1.165) is 61.6 Å². The van der Waals surface area contributed by atoms with Gasteiger partial charge < -0.3 is 20.1 Å². The van der Waals surface area contributed by atoms with Crippen LogP contribution in [0.25, 0.3) is 5.65 Å². The molecule has 2 aromatic heterocycles. The van der Waals surface area contributed by atoms with Crippen LogP contribution in [0, 0.1) is 5.92 Å². The number of hydrogen-bond acceptors (Lipinski definition) is 6. The average Bonchev–Trinajstić information content (AvgIpc) is 3.33. The van der Waals surface area contributed by atoms with Crippen LogP contribution in [0.1, 0.15) is 37.4 Å². The van der Waals surface area contributed by atoms with Crippen molar-refractivity contribution in [3.05, 3.63) is 54.5 Å². The van der Waals surface area contributed by atoms with Crippen LogP contribution in [0.2, 0.25) is 0 Å². The van der Waals surface area contributed by atoms with E-state index in [-0.39, 0.29) is 5.92 Å². The molecule has 5 rings (SSSR count). The number of alkyl halides is 3. The molecule has 0 atom stereocenters. The summed E-state index contributed by atoms with van der Waals surface area (Å²) in [6, 6.07) is 14.1. The molecule has 1 amide bonds. The Morgan fingerprint density at radius 2 is 1.62 bits per heavy atom. The average molecular weight is 520 g/mol. The minimum absolute atomic E-state index is 0.138. The minimum Gasteiger partial charge on any atom is -0.475 e. The molecule has 12 heteroatoms. The fourth-order valence-corrected chi connectivity index (χ4v) is 4.40. The van der Waals surface area contributed by atoms with Crippen molar-refractivity contribution < 1.29 is 32.6 Å². The van der Waals surface area contributed by atoms with Gasteiger partial charge in [0, 0.05) is 43.8 Å². The number of carbonyl (C=O) groups excluding carboxylic acids is 1. The maximum absolute atomic E-state index is 12.8. The minimum atomic E-state index is -5.08. The van der Waals surface area contributed by atoms with E-state index in [0.29, 0.717) is 25.0 Å². The molecule has 2 aliphatic rings. The number of carbonyl (C=O) groups is 2. The fourth-order valence-electron chi connectivity index (χ4n) is 4.40. The van der Waals surface area contributed by atoms with E-state index in [1.807, 2.05) is 58.1 Å². The number of amides is 1. The van der Waals surface area contributed by atoms with Gasteiger partial charge in [-0.3, -0.25) is 4.79 Å². The SMILES string of the molecule is O=C(C1CCOCC1)N1CCC(c2nc3ccc(Nc4ccccc4)cn3n2)CC1.O=C(O)C(F)(F)F. The molecular formula is C25H28F3N5O4. The highest BCUT2D eigenvalue weighted by Crippen LogP contribution is 2.28. The third-order valence-electron chi connectivity index (χ3n) is 6.39. The molecule has 0 bridgehead atoms. The van der Waals surface area contributed by atoms with Crippen LogP contribution in [0.4, 0.5) is 24.5 Å². The molecule has 0 aliphatic carbocycles. The van der Waals surface area contributed by atoms with Crippen LogP contribution >= 0.6 is 0 Å². The summed E-state index contributed by atoms with van der Waals surface area (Å²) in [6.07, 6.45) is 0.433. The number of ether oxygens (including phenoxy) is 1. The maximum Gasteiger partial charge on any atom is 0.490 e. The van der Waals surface area contributed by atoms with E-state index in [9.17, 15) is 18.0 Å². The molecule has 2 aliphatic heterocycles. The predicted octanol–water partition coefficient (Wildman–Crippen LogP) is 4.24. The number of para-hydroxylation sites is 1. The predicted molar refractivity (Wildman–Crippen MR) is 129 cm³/mol. The lowest BCUT2D eigenvalue weighted by atomic mass is 9.93. The first-order valence-corrected chi connectivity index (χ1v) is 12.1. The highest BCUT2D eigenvalue weighted by atomic mass is 19.4. The number of aromatic nitrogens is 3. The van der Waals surface area contributed by atoms with Crippen molar-refractivity contribution in [1.29, 1.82) is 0 Å². The number of likely N-dealkylation sites (tertiary alicyclic amines) is 1. The number of carboxylic acid groups (broad SMARTS) is 1. The van der Waals surface area contributed by atoms with Crippen molar-refractivity contribution in [2.45, 2.75) is 37.8 Å². The Morgan fingerprint density at radius 1 is 0.973 bits per heavy atom. The van der Waals surface area contributed by atoms with Crippen molar-refractivity contribution in [1.82, 2.24) is 19.5 Å². The van der Waals surface area contributed by atoms with Crippen molar-refractivity contribution in [2.75, 3.05) is 31.6 Å². The van der Waals surface area contributed by atoms with Gasteiger partial charge in [0.1, 0.15) is 0 Å². The Kier molecular flexibility index (Phi) is 8.27. The van der Waals surface area contributed by atoms with Gasteiger partial charge in [0.05, 0.1) is 11.9 Å². The molecule has 37 heavy (non-hydrogen) atoms. The summed E-state index contributed by atoms with van der Waals surface area (Å²) >= 11 is 0. The molecule has 198 valence electrons. The van der Waals surface area contributed by atoms with Gasteiger partial charge in [-0.25, -0.2) is 14.3 Å². The molecule has 2 saturated heterocycles. The molecule has 2 fully saturated rings. The number of benzene rings is 1. The van der Waals surface area contributed by atoms with E-state index in [4.69, 9.17) is 24.7 Å². The molecular weight excluding hydrogens is 491 g/mol. The number of piperidine rings is 1. The lowest BCUT2D eigenvalue weighted by Gasteiger charge is -2.34. The zero-order valence-corrected chi connectivity index (χ0v) is 20.0. The lowest BCUT2D eigenvalue weighted by Crippen LogP contribution is -2.42. The van der Waals surface area contributed by atoms with Gasteiger partial charge in [0.2, 0.25) is 5.91 Å². The first-order valence-electron chi connectivity index (χ1n) is 12.1. The first kappa shape index (κ1) is 26.4. The molecule has 0 radical (unpaired) electrons. The van der Waals surface area contributed by atoms with E-state index >= 15 is 0 Å². The maximum atomic E-state index is 12.8. The zero-order valence-electron chi connectivity index (χ0n) is 20.0. The van der Waals surface area contributed by atoms with Gasteiger partial charge in [0.15, 0.2) is 11.5 Å². The number of aliphatic carboxylic acids is 1. The van der Waals surface area contributed by atoms with Crippen LogP contribution in [0.15, 0.2) is 48.7 Å². The Bertz CT molecular complexity index is 1200. The number of halogens is 3. The summed E-state index contributed by atoms with van der Waals surface area (Å²) in [7, 11) is 0. The lowest BCUT2D eigenvalue weighted by molar-refractivity contribution is -0.192. The smallest absolute Gasteiger partial charge is 0.475 e. The van der Waals surface area contributed by atoms with Gasteiger partial charge >= 0.3 is 12.1 Å². The summed E-state index contributed by atoms with van der Waals surface area (Å²) in [5, 5.41) is 15.3. The highest BCUT2D eigenvalue weighted by molar-refractivity contribution is 5.79. The molecule has 4 heterocycles. The zero-order chi connectivity index (χ0) is 26.4. The summed E-state index contributed by atoms with van der Waals surface area (Å²) in [5.41, 5.74) is 2.87. The summed E-state index contributed by atoms with van der Waals surface area (Å²) in [5.74, 6) is -1.14. The Balaban J connectivity index is 0.000000405. The standard InChI is InChI=1S/C23H27N5O2.C2HF3O2/c29-23(18-10-14-30-15-11-18)27-12-8-17(9-13-27)22-25-21-7-6-20(16-28(21)26-22)24-19-4-2-1-3-5-19;3-2(4,5)1(6)7/h1-7,16-18,24H,8-15H2;(H,6,7). The van der Waals surface area contributed by atoms with Crippen molar-refractivity contribution >= 4 is 28.9 Å². The Hall–Kier alpha value is -3.67. The largest absolute Gasteiger partial charge is 0.490 e. The topological polar surface area (TPSA) is 109 Å². The second kappa shape index (κ2) is 11.6. The van der Waals surface area contributed by atoms with Gasteiger partial charge in [-0.05, 0) is 49.9 Å². The number of rotatable bonds is 4. The number of fused-ring (bicyclic) bond motifs is 1. The van der Waals surface area contributed by atoms with Crippen LogP contribution in [0.5, 0.6) is 0 Å². The van der Waals surface area contributed by atoms with E-state index < -0.39 is 12.1 Å². The summed E-state index contributed by atoms with van der Waals surface area (Å²) in [6.45, 7) is 2.99. The number of nitrogens with one attached hydrogen (secondary N) is 1. The number of hydrogen-bond donors (Lipinski definition) is 2. The number of carboxylic acids is 1. The highest BCUT2D eigenvalue weighted by Gasteiger charge is 2.38. The molecule has 9 nitrogen and oxygen atoms in total. The molecule has 0 unspecified atom stereocenters. The summed E-state index contributed by atoms with van der Waals surface area (Å²) < 4.78 is 39.0. The quantitative estimate of drug-likeness (QED) is 0.531. The third kappa shape index (κ3) is 6.97. The second-order valence-corrected chi connectivity index (χ2v) is 8.97. The van der Waals surface area contributed by atoms with Gasteiger partial charge in [0.25, 0.3) is 0 Å². The van der Waals surface area contributed by atoms with Crippen molar-refractivity contribution in [2.24, 2.45) is 5.92 Å². The monoisotopic (exact) mass is 519 g/mol. The van der Waals surface area contributed by atoms with E-state index in [1.165, 1.54) is 0 Å². The molecule has 0 saturated carbocycles. The Morgan fingerprint density at radius 3 is 2.24 bits per heavy atom. The van der Waals surface area contributed by atoms with Crippen LogP contribution in [0.3, 0.4) is 0 Å². The van der Waals surface area contributed by atoms with E-state index in [1.54, 1.807) is 0 Å².